The van der Waals surface area contributed by atoms with Crippen molar-refractivity contribution < 1.29 is 8.42 Å². The fraction of sp³-hybridized carbons (Fsp3) is 0.625. The zero-order valence-corrected chi connectivity index (χ0v) is 14.7. The van der Waals surface area contributed by atoms with Crippen LogP contribution in [0.3, 0.4) is 0 Å². The summed E-state index contributed by atoms with van der Waals surface area (Å²) >= 11 is 0. The fourth-order valence-electron chi connectivity index (χ4n) is 2.43. The third kappa shape index (κ3) is 5.41. The van der Waals surface area contributed by atoms with E-state index in [1.165, 1.54) is 6.26 Å². The van der Waals surface area contributed by atoms with Crippen molar-refractivity contribution >= 4 is 9.84 Å². The maximum atomic E-state index is 11.5. The van der Waals surface area contributed by atoms with E-state index in [0.717, 1.165) is 12.1 Å². The molecule has 0 aliphatic rings. The van der Waals surface area contributed by atoms with Gasteiger partial charge in [-0.2, -0.15) is 0 Å². The third-order valence-corrected chi connectivity index (χ3v) is 5.00. The van der Waals surface area contributed by atoms with Crippen molar-refractivity contribution in [3.63, 3.8) is 0 Å². The molecule has 0 bridgehead atoms. The van der Waals surface area contributed by atoms with Gasteiger partial charge in [-0.25, -0.2) is 8.42 Å². The van der Waals surface area contributed by atoms with Crippen LogP contribution in [-0.4, -0.2) is 46.3 Å². The average Bonchev–Trinajstić information content (AvgIpc) is 2.37. The Labute approximate surface area is 129 Å². The lowest BCUT2D eigenvalue weighted by atomic mass is 10.0. The predicted molar refractivity (Wildman–Crippen MR) is 88.3 cm³/mol. The summed E-state index contributed by atoms with van der Waals surface area (Å²) in [4.78, 5) is 2.60. The summed E-state index contributed by atoms with van der Waals surface area (Å²) in [5.74, 6) is 0.576. The molecule has 0 aliphatic heterocycles. The molecule has 21 heavy (non-hydrogen) atoms. The standard InChI is InChI=1S/C16H28N2O2S/c1-12(2)16(18(4)5)11-17-13(3)14-7-9-15(10-8-14)21(6,19)20/h7-10,12-13,16-17H,11H2,1-6H3. The van der Waals surface area contributed by atoms with Crippen molar-refractivity contribution in [3.05, 3.63) is 29.8 Å². The molecule has 0 heterocycles. The minimum atomic E-state index is -3.12. The summed E-state index contributed by atoms with van der Waals surface area (Å²) in [5.41, 5.74) is 1.10. The molecule has 1 rings (SSSR count). The van der Waals surface area contributed by atoms with Crippen LogP contribution >= 0.6 is 0 Å². The first kappa shape index (κ1) is 18.1. The van der Waals surface area contributed by atoms with Gasteiger partial charge in [0.15, 0.2) is 9.84 Å². The van der Waals surface area contributed by atoms with Crippen LogP contribution in [0.4, 0.5) is 0 Å². The highest BCUT2D eigenvalue weighted by Gasteiger charge is 2.17. The molecule has 0 spiro atoms. The largest absolute Gasteiger partial charge is 0.309 e. The molecule has 2 atom stereocenters. The van der Waals surface area contributed by atoms with Crippen LogP contribution in [0.5, 0.6) is 0 Å². The van der Waals surface area contributed by atoms with Crippen molar-refractivity contribution in [2.24, 2.45) is 5.92 Å². The molecular weight excluding hydrogens is 284 g/mol. The second-order valence-electron chi connectivity index (χ2n) is 6.25. The second-order valence-corrected chi connectivity index (χ2v) is 8.26. The Kier molecular flexibility index (Phi) is 6.38. The van der Waals surface area contributed by atoms with Crippen LogP contribution in [0, 0.1) is 5.92 Å². The lowest BCUT2D eigenvalue weighted by molar-refractivity contribution is 0.220. The van der Waals surface area contributed by atoms with Crippen LogP contribution in [-0.2, 0) is 9.84 Å². The van der Waals surface area contributed by atoms with Crippen molar-refractivity contribution in [2.75, 3.05) is 26.9 Å². The molecule has 0 amide bonds. The SMILES string of the molecule is CC(NCC(C(C)C)N(C)C)c1ccc(S(C)(=O)=O)cc1. The molecular formula is C16H28N2O2S. The lowest BCUT2D eigenvalue weighted by Crippen LogP contribution is -2.42. The first-order valence-electron chi connectivity index (χ1n) is 7.32. The zero-order valence-electron chi connectivity index (χ0n) is 13.9. The monoisotopic (exact) mass is 312 g/mol. The summed E-state index contributed by atoms with van der Waals surface area (Å²) < 4.78 is 22.9. The van der Waals surface area contributed by atoms with Gasteiger partial charge >= 0.3 is 0 Å². The molecule has 5 heteroatoms. The first-order chi connectivity index (χ1) is 9.62. The maximum absolute atomic E-state index is 11.5. The Bertz CT molecular complexity index is 528. The molecule has 120 valence electrons. The van der Waals surface area contributed by atoms with Gasteiger partial charge in [0.1, 0.15) is 0 Å². The van der Waals surface area contributed by atoms with E-state index in [2.05, 4.69) is 45.1 Å². The van der Waals surface area contributed by atoms with E-state index >= 15 is 0 Å². The highest BCUT2D eigenvalue weighted by Crippen LogP contribution is 2.17. The summed E-state index contributed by atoms with van der Waals surface area (Å²) in [7, 11) is 1.07. The molecule has 0 saturated carbocycles. The molecule has 0 saturated heterocycles. The van der Waals surface area contributed by atoms with Gasteiger partial charge in [-0.3, -0.25) is 0 Å². The Morgan fingerprint density at radius 2 is 1.62 bits per heavy atom. The van der Waals surface area contributed by atoms with Crippen molar-refractivity contribution in [1.82, 2.24) is 10.2 Å². The molecule has 1 aromatic rings. The van der Waals surface area contributed by atoms with E-state index in [9.17, 15) is 8.42 Å². The van der Waals surface area contributed by atoms with E-state index in [-0.39, 0.29) is 6.04 Å². The van der Waals surface area contributed by atoms with E-state index in [0.29, 0.717) is 16.9 Å². The normalized spacial score (nSPS) is 15.4. The maximum Gasteiger partial charge on any atom is 0.175 e. The third-order valence-electron chi connectivity index (χ3n) is 3.87. The fourth-order valence-corrected chi connectivity index (χ4v) is 3.06. The first-order valence-corrected chi connectivity index (χ1v) is 9.22. The second kappa shape index (κ2) is 7.38. The zero-order chi connectivity index (χ0) is 16.2. The number of hydrogen-bond donors (Lipinski definition) is 1. The Morgan fingerprint density at radius 3 is 2.00 bits per heavy atom. The Morgan fingerprint density at radius 1 is 1.10 bits per heavy atom. The molecule has 1 aromatic carbocycles. The van der Waals surface area contributed by atoms with Crippen molar-refractivity contribution in [3.8, 4) is 0 Å². The van der Waals surface area contributed by atoms with Crippen LogP contribution < -0.4 is 5.32 Å². The van der Waals surface area contributed by atoms with Gasteiger partial charge in [-0.1, -0.05) is 26.0 Å². The molecule has 2 unspecified atom stereocenters. The van der Waals surface area contributed by atoms with Crippen LogP contribution in [0.15, 0.2) is 29.2 Å². The highest BCUT2D eigenvalue weighted by molar-refractivity contribution is 7.90. The number of likely N-dealkylation sites (N-methyl/N-ethyl adjacent to an activating group) is 1. The van der Waals surface area contributed by atoms with Gasteiger partial charge in [0.05, 0.1) is 4.90 Å². The summed E-state index contributed by atoms with van der Waals surface area (Å²) in [5, 5.41) is 3.53. The van der Waals surface area contributed by atoms with Crippen LogP contribution in [0.25, 0.3) is 0 Å². The van der Waals surface area contributed by atoms with Gasteiger partial charge in [0, 0.05) is 24.9 Å². The van der Waals surface area contributed by atoms with Gasteiger partial charge in [0.2, 0.25) is 0 Å². The smallest absolute Gasteiger partial charge is 0.175 e. The quantitative estimate of drug-likeness (QED) is 0.839. The summed E-state index contributed by atoms with van der Waals surface area (Å²) in [6, 6.07) is 7.79. The molecule has 0 aromatic heterocycles. The van der Waals surface area contributed by atoms with Gasteiger partial charge < -0.3 is 10.2 Å². The van der Waals surface area contributed by atoms with E-state index in [1.807, 2.05) is 12.1 Å². The topological polar surface area (TPSA) is 49.4 Å². The van der Waals surface area contributed by atoms with Gasteiger partial charge in [-0.05, 0) is 44.6 Å². The van der Waals surface area contributed by atoms with Crippen LogP contribution in [0.2, 0.25) is 0 Å². The number of nitrogens with one attached hydrogen (secondary N) is 1. The van der Waals surface area contributed by atoms with Gasteiger partial charge in [0.25, 0.3) is 0 Å². The number of rotatable bonds is 7. The molecule has 1 N–H and O–H groups in total. The van der Waals surface area contributed by atoms with Crippen LogP contribution in [0.1, 0.15) is 32.4 Å². The number of sulfone groups is 1. The van der Waals surface area contributed by atoms with Crippen molar-refractivity contribution in [1.29, 1.82) is 0 Å². The van der Waals surface area contributed by atoms with Gasteiger partial charge in [-0.15, -0.1) is 0 Å². The van der Waals surface area contributed by atoms with E-state index < -0.39 is 9.84 Å². The molecule has 0 fully saturated rings. The highest BCUT2D eigenvalue weighted by atomic mass is 32.2. The number of nitrogens with zero attached hydrogens (tertiary/aromatic N) is 1. The average molecular weight is 312 g/mol. The Hall–Kier alpha value is -0.910. The lowest BCUT2D eigenvalue weighted by Gasteiger charge is -2.29. The molecule has 0 aliphatic carbocycles. The number of hydrogen-bond acceptors (Lipinski definition) is 4. The van der Waals surface area contributed by atoms with E-state index in [4.69, 9.17) is 0 Å². The van der Waals surface area contributed by atoms with E-state index in [1.54, 1.807) is 12.1 Å². The molecule has 4 nitrogen and oxygen atoms in total. The summed E-state index contributed by atoms with van der Waals surface area (Å²) in [6.45, 7) is 7.44. The minimum Gasteiger partial charge on any atom is -0.309 e. The summed E-state index contributed by atoms with van der Waals surface area (Å²) in [6.07, 6.45) is 1.23. The molecule has 0 radical (unpaired) electrons. The predicted octanol–water partition coefficient (Wildman–Crippen LogP) is 2.33. The van der Waals surface area contributed by atoms with Crippen molar-refractivity contribution in [2.45, 2.75) is 37.8 Å². The number of benzene rings is 1. The minimum absolute atomic E-state index is 0.194. The Balaban J connectivity index is 2.70.